The maximum Gasteiger partial charge on any atom is 0.233 e. The van der Waals surface area contributed by atoms with E-state index in [1.165, 1.54) is 4.90 Å². The van der Waals surface area contributed by atoms with Crippen LogP contribution in [-0.2, 0) is 14.4 Å². The van der Waals surface area contributed by atoms with Crippen LogP contribution in [0, 0.1) is 11.8 Å². The van der Waals surface area contributed by atoms with Gasteiger partial charge in [0.15, 0.2) is 0 Å². The molecule has 0 spiro atoms. The summed E-state index contributed by atoms with van der Waals surface area (Å²) in [5.41, 5.74) is 0. The van der Waals surface area contributed by atoms with Gasteiger partial charge in [0, 0.05) is 19.0 Å². The smallest absolute Gasteiger partial charge is 0.233 e. The number of allylic oxidation sites excluding steroid dienone is 2. The van der Waals surface area contributed by atoms with E-state index in [1.54, 1.807) is 0 Å². The quantitative estimate of drug-likeness (QED) is 0.598. The molecule has 5 heteroatoms. The number of nitrogens with zero attached hydrogens (tertiary/aromatic N) is 1. The van der Waals surface area contributed by atoms with E-state index in [4.69, 9.17) is 0 Å². The summed E-state index contributed by atoms with van der Waals surface area (Å²) in [6.07, 6.45) is 7.20. The third kappa shape index (κ3) is 3.34. The Bertz CT molecular complexity index is 428. The van der Waals surface area contributed by atoms with Crippen molar-refractivity contribution in [3.05, 3.63) is 12.2 Å². The normalized spacial score (nSPS) is 24.6. The highest BCUT2D eigenvalue weighted by Crippen LogP contribution is 2.34. The van der Waals surface area contributed by atoms with Crippen molar-refractivity contribution in [2.24, 2.45) is 11.8 Å². The molecule has 116 valence electrons. The zero-order valence-corrected chi connectivity index (χ0v) is 12.8. The fraction of sp³-hybridized carbons (Fsp3) is 0.688. The number of amides is 3. The van der Waals surface area contributed by atoms with E-state index in [9.17, 15) is 14.4 Å². The first-order valence-corrected chi connectivity index (χ1v) is 7.88. The van der Waals surface area contributed by atoms with Crippen LogP contribution in [-0.4, -0.2) is 35.2 Å². The average molecular weight is 292 g/mol. The van der Waals surface area contributed by atoms with Gasteiger partial charge in [-0.3, -0.25) is 19.3 Å². The second-order valence-corrected chi connectivity index (χ2v) is 5.81. The predicted molar refractivity (Wildman–Crippen MR) is 79.2 cm³/mol. The third-order valence-corrected chi connectivity index (χ3v) is 4.51. The lowest BCUT2D eigenvalue weighted by molar-refractivity contribution is -0.140. The number of carbonyl (C=O) groups excluding carboxylic acids is 3. The summed E-state index contributed by atoms with van der Waals surface area (Å²) in [6.45, 7) is 4.26. The van der Waals surface area contributed by atoms with Gasteiger partial charge in [-0.15, -0.1) is 0 Å². The number of hydrogen-bond acceptors (Lipinski definition) is 3. The van der Waals surface area contributed by atoms with Gasteiger partial charge in [0.2, 0.25) is 17.7 Å². The van der Waals surface area contributed by atoms with E-state index >= 15 is 0 Å². The summed E-state index contributed by atoms with van der Waals surface area (Å²) >= 11 is 0. The van der Waals surface area contributed by atoms with Gasteiger partial charge in [-0.05, 0) is 25.7 Å². The Kier molecular flexibility index (Phi) is 5.15. The van der Waals surface area contributed by atoms with Crippen molar-refractivity contribution in [3.63, 3.8) is 0 Å². The van der Waals surface area contributed by atoms with Crippen molar-refractivity contribution in [3.8, 4) is 0 Å². The molecule has 2 atom stereocenters. The SMILES string of the molecule is CCC(CC)NC(=O)CCN1C(=O)[C@@H]2CC=CC[C@H]2C1=O. The highest BCUT2D eigenvalue weighted by Gasteiger charge is 2.46. The van der Waals surface area contributed by atoms with Crippen LogP contribution in [0.25, 0.3) is 0 Å². The van der Waals surface area contributed by atoms with Crippen LogP contribution in [0.2, 0.25) is 0 Å². The molecule has 1 aliphatic carbocycles. The van der Waals surface area contributed by atoms with Gasteiger partial charge in [0.25, 0.3) is 0 Å². The topological polar surface area (TPSA) is 66.5 Å². The Labute approximate surface area is 125 Å². The first-order chi connectivity index (χ1) is 10.1. The van der Waals surface area contributed by atoms with Gasteiger partial charge >= 0.3 is 0 Å². The first-order valence-electron chi connectivity index (χ1n) is 7.88. The van der Waals surface area contributed by atoms with E-state index in [0.29, 0.717) is 12.8 Å². The molecule has 0 aromatic heterocycles. The minimum atomic E-state index is -0.204. The van der Waals surface area contributed by atoms with Crippen LogP contribution in [0.1, 0.15) is 46.0 Å². The van der Waals surface area contributed by atoms with Gasteiger partial charge in [-0.1, -0.05) is 26.0 Å². The monoisotopic (exact) mass is 292 g/mol. The lowest BCUT2D eigenvalue weighted by atomic mass is 9.85. The Morgan fingerprint density at radius 2 is 1.71 bits per heavy atom. The number of likely N-dealkylation sites (tertiary alicyclic amines) is 1. The van der Waals surface area contributed by atoms with Gasteiger partial charge < -0.3 is 5.32 Å². The molecule has 3 amide bonds. The van der Waals surface area contributed by atoms with Crippen molar-refractivity contribution in [1.29, 1.82) is 0 Å². The zero-order valence-electron chi connectivity index (χ0n) is 12.8. The molecule has 0 aromatic carbocycles. The second kappa shape index (κ2) is 6.87. The van der Waals surface area contributed by atoms with Crippen molar-refractivity contribution in [1.82, 2.24) is 10.2 Å². The number of rotatable bonds is 6. The van der Waals surface area contributed by atoms with Gasteiger partial charge in [0.1, 0.15) is 0 Å². The van der Waals surface area contributed by atoms with Crippen molar-refractivity contribution >= 4 is 17.7 Å². The van der Waals surface area contributed by atoms with Crippen molar-refractivity contribution in [2.75, 3.05) is 6.54 Å². The average Bonchev–Trinajstić information content (AvgIpc) is 2.75. The lowest BCUT2D eigenvalue weighted by Gasteiger charge is -2.17. The van der Waals surface area contributed by atoms with Crippen LogP contribution >= 0.6 is 0 Å². The summed E-state index contributed by atoms with van der Waals surface area (Å²) in [7, 11) is 0. The Morgan fingerprint density at radius 1 is 1.19 bits per heavy atom. The lowest BCUT2D eigenvalue weighted by Crippen LogP contribution is -2.38. The molecular weight excluding hydrogens is 268 g/mol. The highest BCUT2D eigenvalue weighted by atomic mass is 16.2. The number of nitrogens with one attached hydrogen (secondary N) is 1. The predicted octanol–water partition coefficient (Wildman–Crippen LogP) is 1.63. The molecule has 1 heterocycles. The van der Waals surface area contributed by atoms with Crippen molar-refractivity contribution in [2.45, 2.75) is 52.0 Å². The molecule has 0 bridgehead atoms. The molecular formula is C16H24N2O3. The summed E-state index contributed by atoms with van der Waals surface area (Å²) in [6, 6.07) is 0.175. The number of fused-ring (bicyclic) bond motifs is 1. The zero-order chi connectivity index (χ0) is 15.4. The molecule has 0 radical (unpaired) electrons. The number of imide groups is 1. The molecule has 2 rings (SSSR count). The molecule has 2 aliphatic rings. The Hall–Kier alpha value is -1.65. The Morgan fingerprint density at radius 3 is 2.19 bits per heavy atom. The largest absolute Gasteiger partial charge is 0.353 e. The van der Waals surface area contributed by atoms with Crippen LogP contribution in [0.4, 0.5) is 0 Å². The fourth-order valence-electron chi connectivity index (χ4n) is 3.10. The highest BCUT2D eigenvalue weighted by molar-refractivity contribution is 6.05. The number of hydrogen-bond donors (Lipinski definition) is 1. The van der Waals surface area contributed by atoms with E-state index in [1.807, 2.05) is 26.0 Å². The molecule has 1 aliphatic heterocycles. The minimum Gasteiger partial charge on any atom is -0.353 e. The van der Waals surface area contributed by atoms with Crippen LogP contribution in [0.5, 0.6) is 0 Å². The molecule has 0 aromatic rings. The number of carbonyl (C=O) groups is 3. The molecule has 0 saturated carbocycles. The molecule has 1 fully saturated rings. The van der Waals surface area contributed by atoms with Crippen molar-refractivity contribution < 1.29 is 14.4 Å². The van der Waals surface area contributed by atoms with Gasteiger partial charge in [-0.25, -0.2) is 0 Å². The van der Waals surface area contributed by atoms with Gasteiger partial charge in [-0.2, -0.15) is 0 Å². The Balaban J connectivity index is 1.87. The molecule has 0 unspecified atom stereocenters. The van der Waals surface area contributed by atoms with Crippen LogP contribution in [0.15, 0.2) is 12.2 Å². The summed E-state index contributed by atoms with van der Waals surface area (Å²) in [4.78, 5) is 37.6. The molecule has 1 saturated heterocycles. The van der Waals surface area contributed by atoms with Crippen LogP contribution < -0.4 is 5.32 Å². The summed E-state index contributed by atoms with van der Waals surface area (Å²) in [5.74, 6) is -0.708. The fourth-order valence-corrected chi connectivity index (χ4v) is 3.10. The standard InChI is InChI=1S/C16H24N2O3/c1-3-11(4-2)17-14(19)9-10-18-15(20)12-7-5-6-8-13(12)16(18)21/h5-6,11-13H,3-4,7-10H2,1-2H3,(H,17,19)/t12-,13-/m1/s1. The molecule has 5 nitrogen and oxygen atoms in total. The van der Waals surface area contributed by atoms with E-state index in [-0.39, 0.29) is 48.6 Å². The van der Waals surface area contributed by atoms with E-state index in [2.05, 4.69) is 5.32 Å². The minimum absolute atomic E-state index is 0.0858. The van der Waals surface area contributed by atoms with Gasteiger partial charge in [0.05, 0.1) is 11.8 Å². The maximum atomic E-state index is 12.2. The maximum absolute atomic E-state index is 12.2. The first kappa shape index (κ1) is 15.7. The van der Waals surface area contributed by atoms with E-state index < -0.39 is 0 Å². The summed E-state index contributed by atoms with van der Waals surface area (Å²) in [5, 5.41) is 2.93. The third-order valence-electron chi connectivity index (χ3n) is 4.51. The second-order valence-electron chi connectivity index (χ2n) is 5.81. The van der Waals surface area contributed by atoms with E-state index in [0.717, 1.165) is 12.8 Å². The molecule has 1 N–H and O–H groups in total. The summed E-state index contributed by atoms with van der Waals surface area (Å²) < 4.78 is 0. The van der Waals surface area contributed by atoms with Crippen LogP contribution in [0.3, 0.4) is 0 Å². The molecule has 21 heavy (non-hydrogen) atoms.